The van der Waals surface area contributed by atoms with Crippen molar-refractivity contribution in [3.05, 3.63) is 27.8 Å². The summed E-state index contributed by atoms with van der Waals surface area (Å²) in [6.45, 7) is 6.62. The van der Waals surface area contributed by atoms with Gasteiger partial charge in [-0.05, 0) is 38.0 Å². The van der Waals surface area contributed by atoms with Crippen LogP contribution < -0.4 is 10.1 Å². The molecule has 1 atom stereocenters. The van der Waals surface area contributed by atoms with Crippen molar-refractivity contribution in [2.24, 2.45) is 0 Å². The number of aliphatic hydroxyl groups excluding tert-OH is 1. The molecule has 3 nitrogen and oxygen atoms in total. The zero-order chi connectivity index (χ0) is 13.0. The number of rotatable bonds is 5. The van der Waals surface area contributed by atoms with Gasteiger partial charge in [0.1, 0.15) is 5.75 Å². The van der Waals surface area contributed by atoms with Gasteiger partial charge in [-0.2, -0.15) is 0 Å². The Balaban J connectivity index is 3.00. The molecule has 0 spiro atoms. The van der Waals surface area contributed by atoms with E-state index in [1.807, 2.05) is 26.8 Å². The number of aryl methyl sites for hydroxylation is 1. The normalized spacial score (nSPS) is 12.6. The predicted molar refractivity (Wildman–Crippen MR) is 70.9 cm³/mol. The molecule has 0 heterocycles. The van der Waals surface area contributed by atoms with E-state index in [4.69, 9.17) is 21.4 Å². The molecule has 0 radical (unpaired) electrons. The second kappa shape index (κ2) is 6.24. The highest BCUT2D eigenvalue weighted by Gasteiger charge is 2.13. The Morgan fingerprint density at radius 2 is 2.12 bits per heavy atom. The van der Waals surface area contributed by atoms with Crippen LogP contribution in [0, 0.1) is 13.8 Å². The molecule has 0 amide bonds. The van der Waals surface area contributed by atoms with Gasteiger partial charge in [-0.3, -0.25) is 0 Å². The lowest BCUT2D eigenvalue weighted by atomic mass is 10.0. The molecule has 17 heavy (non-hydrogen) atoms. The molecule has 1 rings (SSSR count). The van der Waals surface area contributed by atoms with Gasteiger partial charge < -0.3 is 15.2 Å². The molecule has 0 fully saturated rings. The van der Waals surface area contributed by atoms with E-state index in [-0.39, 0.29) is 12.6 Å². The smallest absolute Gasteiger partial charge is 0.123 e. The van der Waals surface area contributed by atoms with Crippen molar-refractivity contribution in [2.45, 2.75) is 33.4 Å². The number of benzene rings is 1. The van der Waals surface area contributed by atoms with Gasteiger partial charge in [0.15, 0.2) is 0 Å². The lowest BCUT2D eigenvalue weighted by Gasteiger charge is -2.17. The second-order valence-electron chi connectivity index (χ2n) is 4.28. The van der Waals surface area contributed by atoms with Crippen LogP contribution in [0.25, 0.3) is 0 Å². The minimum Gasteiger partial charge on any atom is -0.496 e. The van der Waals surface area contributed by atoms with Crippen LogP contribution in [0.15, 0.2) is 6.07 Å². The Hall–Kier alpha value is -0.770. The molecule has 96 valence electrons. The molecule has 0 bridgehead atoms. The van der Waals surface area contributed by atoms with Crippen molar-refractivity contribution in [2.75, 3.05) is 13.7 Å². The van der Waals surface area contributed by atoms with Gasteiger partial charge in [0.05, 0.1) is 13.7 Å². The van der Waals surface area contributed by atoms with Crippen LogP contribution in [0.1, 0.15) is 23.6 Å². The first-order chi connectivity index (χ1) is 8.01. The summed E-state index contributed by atoms with van der Waals surface area (Å²) in [5.41, 5.74) is 3.09. The molecule has 1 aromatic rings. The SMILES string of the molecule is COc1cc(C)c(Cl)c(C)c1CNC(C)CO. The van der Waals surface area contributed by atoms with Crippen LogP contribution in [0.2, 0.25) is 5.02 Å². The molecule has 0 aliphatic rings. The van der Waals surface area contributed by atoms with Crippen molar-refractivity contribution in [1.29, 1.82) is 0 Å². The van der Waals surface area contributed by atoms with Gasteiger partial charge in [-0.15, -0.1) is 0 Å². The maximum absolute atomic E-state index is 8.99. The number of ether oxygens (including phenoxy) is 1. The Bertz CT molecular complexity index is 393. The van der Waals surface area contributed by atoms with E-state index in [0.717, 1.165) is 27.5 Å². The average Bonchev–Trinajstić information content (AvgIpc) is 2.33. The van der Waals surface area contributed by atoms with E-state index in [1.165, 1.54) is 0 Å². The lowest BCUT2D eigenvalue weighted by Crippen LogP contribution is -2.29. The van der Waals surface area contributed by atoms with Gasteiger partial charge in [0, 0.05) is 23.2 Å². The van der Waals surface area contributed by atoms with Gasteiger partial charge in [0.25, 0.3) is 0 Å². The molecule has 1 aromatic carbocycles. The number of hydrogen-bond donors (Lipinski definition) is 2. The zero-order valence-corrected chi connectivity index (χ0v) is 11.6. The molecular formula is C13H20ClNO2. The minimum absolute atomic E-state index is 0.0548. The number of methoxy groups -OCH3 is 1. The summed E-state index contributed by atoms with van der Waals surface area (Å²) in [7, 11) is 1.65. The largest absolute Gasteiger partial charge is 0.496 e. The van der Waals surface area contributed by atoms with Crippen molar-refractivity contribution in [1.82, 2.24) is 5.32 Å². The first kappa shape index (κ1) is 14.3. The van der Waals surface area contributed by atoms with Crippen molar-refractivity contribution >= 4 is 11.6 Å². The van der Waals surface area contributed by atoms with Gasteiger partial charge in [0.2, 0.25) is 0 Å². The summed E-state index contributed by atoms with van der Waals surface area (Å²) in [5.74, 6) is 0.835. The first-order valence-corrected chi connectivity index (χ1v) is 6.05. The summed E-state index contributed by atoms with van der Waals surface area (Å²) in [4.78, 5) is 0. The number of aliphatic hydroxyl groups is 1. The molecule has 0 saturated carbocycles. The topological polar surface area (TPSA) is 41.5 Å². The number of hydrogen-bond acceptors (Lipinski definition) is 3. The predicted octanol–water partition coefficient (Wildman–Crippen LogP) is 2.44. The highest BCUT2D eigenvalue weighted by Crippen LogP contribution is 2.31. The van der Waals surface area contributed by atoms with E-state index in [2.05, 4.69) is 5.32 Å². The third-order valence-electron chi connectivity index (χ3n) is 2.89. The van der Waals surface area contributed by atoms with Gasteiger partial charge in [-0.1, -0.05) is 11.6 Å². The fraction of sp³-hybridized carbons (Fsp3) is 0.538. The summed E-state index contributed by atoms with van der Waals surface area (Å²) in [5, 5.41) is 13.0. The van der Waals surface area contributed by atoms with E-state index in [0.29, 0.717) is 6.54 Å². The van der Waals surface area contributed by atoms with Crippen LogP contribution in [0.4, 0.5) is 0 Å². The van der Waals surface area contributed by atoms with Crippen molar-refractivity contribution < 1.29 is 9.84 Å². The average molecular weight is 258 g/mol. The summed E-state index contributed by atoms with van der Waals surface area (Å²) in [6.07, 6.45) is 0. The Kier molecular flexibility index (Phi) is 5.25. The lowest BCUT2D eigenvalue weighted by molar-refractivity contribution is 0.250. The van der Waals surface area contributed by atoms with Crippen LogP contribution in [0.5, 0.6) is 5.75 Å². The van der Waals surface area contributed by atoms with Crippen LogP contribution in [-0.2, 0) is 6.54 Å². The standard InChI is InChI=1S/C13H20ClNO2/c1-8-5-12(17-4)11(10(3)13(8)14)6-15-9(2)7-16/h5,9,15-16H,6-7H2,1-4H3. The molecule has 4 heteroatoms. The number of halogens is 1. The maximum atomic E-state index is 8.99. The fourth-order valence-electron chi connectivity index (χ4n) is 1.70. The zero-order valence-electron chi connectivity index (χ0n) is 10.8. The monoisotopic (exact) mass is 257 g/mol. The summed E-state index contributed by atoms with van der Waals surface area (Å²) >= 11 is 6.23. The molecule has 1 unspecified atom stereocenters. The summed E-state index contributed by atoms with van der Waals surface area (Å²) < 4.78 is 5.37. The summed E-state index contributed by atoms with van der Waals surface area (Å²) in [6, 6.07) is 2.00. The van der Waals surface area contributed by atoms with E-state index in [9.17, 15) is 0 Å². The first-order valence-electron chi connectivity index (χ1n) is 5.68. The Morgan fingerprint density at radius 1 is 1.47 bits per heavy atom. The van der Waals surface area contributed by atoms with Crippen LogP contribution in [-0.4, -0.2) is 24.9 Å². The maximum Gasteiger partial charge on any atom is 0.123 e. The molecule has 0 aliphatic carbocycles. The Morgan fingerprint density at radius 3 is 2.65 bits per heavy atom. The fourth-order valence-corrected chi connectivity index (χ4v) is 1.87. The van der Waals surface area contributed by atoms with Crippen molar-refractivity contribution in [3.8, 4) is 5.75 Å². The molecule has 0 aromatic heterocycles. The molecular weight excluding hydrogens is 238 g/mol. The van der Waals surface area contributed by atoms with Gasteiger partial charge in [-0.25, -0.2) is 0 Å². The van der Waals surface area contributed by atoms with Crippen LogP contribution >= 0.6 is 11.6 Å². The Labute approximate surface area is 108 Å². The highest BCUT2D eigenvalue weighted by atomic mass is 35.5. The molecule has 0 aliphatic heterocycles. The van der Waals surface area contributed by atoms with E-state index >= 15 is 0 Å². The second-order valence-corrected chi connectivity index (χ2v) is 4.66. The van der Waals surface area contributed by atoms with Crippen molar-refractivity contribution in [3.63, 3.8) is 0 Å². The third kappa shape index (κ3) is 3.35. The van der Waals surface area contributed by atoms with E-state index < -0.39 is 0 Å². The van der Waals surface area contributed by atoms with Crippen LogP contribution in [0.3, 0.4) is 0 Å². The minimum atomic E-state index is 0.0548. The third-order valence-corrected chi connectivity index (χ3v) is 3.48. The highest BCUT2D eigenvalue weighted by molar-refractivity contribution is 6.32. The van der Waals surface area contributed by atoms with Gasteiger partial charge >= 0.3 is 0 Å². The number of nitrogens with one attached hydrogen (secondary N) is 1. The quantitative estimate of drug-likeness (QED) is 0.851. The molecule has 2 N–H and O–H groups in total. The van der Waals surface area contributed by atoms with E-state index in [1.54, 1.807) is 7.11 Å². The molecule has 0 saturated heterocycles.